The Bertz CT molecular complexity index is 1490. The molecule has 43 heavy (non-hydrogen) atoms. The van der Waals surface area contributed by atoms with Crippen LogP contribution in [0.25, 0.3) is 10.9 Å². The number of likely N-dealkylation sites (tertiary alicyclic amines) is 1. The Morgan fingerprint density at radius 1 is 1.09 bits per heavy atom. The lowest BCUT2D eigenvalue weighted by Gasteiger charge is -2.28. The van der Waals surface area contributed by atoms with Crippen LogP contribution in [-0.2, 0) is 9.59 Å². The first-order valence-electron chi connectivity index (χ1n) is 14.7. The van der Waals surface area contributed by atoms with E-state index in [2.05, 4.69) is 15.6 Å². The number of nitrogens with zero attached hydrogens (tertiary/aromatic N) is 2. The second-order valence-corrected chi connectivity index (χ2v) is 11.2. The number of benzene rings is 2. The summed E-state index contributed by atoms with van der Waals surface area (Å²) < 4.78 is 25.2. The molecule has 1 aromatic heterocycles. The summed E-state index contributed by atoms with van der Waals surface area (Å²) in [6.45, 7) is 1.43. The summed E-state index contributed by atoms with van der Waals surface area (Å²) in [6, 6.07) is 11.2. The lowest BCUT2D eigenvalue weighted by molar-refractivity contribution is -0.138. The Morgan fingerprint density at radius 2 is 1.88 bits per heavy atom. The minimum Gasteiger partial charge on any atom is -0.497 e. The van der Waals surface area contributed by atoms with Crippen molar-refractivity contribution in [1.29, 1.82) is 0 Å². The fourth-order valence-electron chi connectivity index (χ4n) is 5.76. The van der Waals surface area contributed by atoms with Crippen LogP contribution in [0.15, 0.2) is 48.5 Å². The zero-order valence-corrected chi connectivity index (χ0v) is 24.3. The van der Waals surface area contributed by atoms with Crippen LogP contribution in [0, 0.1) is 5.82 Å². The van der Waals surface area contributed by atoms with Crippen LogP contribution in [0.5, 0.6) is 11.5 Å². The van der Waals surface area contributed by atoms with Gasteiger partial charge >= 0.3 is 0 Å². The monoisotopic (exact) mass is 592 g/mol. The number of β-amino-alcohol motifs (C(OH)–C–C–N with tert-alkyl or cyclic N) is 1. The lowest BCUT2D eigenvalue weighted by Crippen LogP contribution is -2.49. The Labute approximate surface area is 249 Å². The highest BCUT2D eigenvalue weighted by atomic mass is 19.1. The summed E-state index contributed by atoms with van der Waals surface area (Å²) >= 11 is 0. The Morgan fingerprint density at radius 3 is 2.65 bits per heavy atom. The zero-order chi connectivity index (χ0) is 30.5. The Balaban J connectivity index is 1.22. The average molecular weight is 593 g/mol. The van der Waals surface area contributed by atoms with Gasteiger partial charge in [-0.25, -0.2) is 9.37 Å². The molecular formula is C32H37FN4O6. The summed E-state index contributed by atoms with van der Waals surface area (Å²) in [5.74, 6) is -0.612. The molecule has 1 aliphatic carbocycles. The number of aromatic nitrogens is 1. The average Bonchev–Trinajstić information content (AvgIpc) is 3.41. The molecule has 1 aliphatic heterocycles. The Hall–Kier alpha value is -4.25. The lowest BCUT2D eigenvalue weighted by atomic mass is 9.97. The van der Waals surface area contributed by atoms with Gasteiger partial charge in [0.1, 0.15) is 29.1 Å². The molecule has 2 aliphatic rings. The number of aliphatic hydroxyl groups excluding tert-OH is 1. The largest absolute Gasteiger partial charge is 0.497 e. The molecule has 10 nitrogen and oxygen atoms in total. The summed E-state index contributed by atoms with van der Waals surface area (Å²) in [7, 11) is 1.59. The number of hydrogen-bond acceptors (Lipinski definition) is 7. The minimum absolute atomic E-state index is 0.0282. The van der Waals surface area contributed by atoms with Crippen LogP contribution < -0.4 is 20.1 Å². The topological polar surface area (TPSA) is 130 Å². The van der Waals surface area contributed by atoms with Crippen LogP contribution in [0.1, 0.15) is 67.5 Å². The van der Waals surface area contributed by atoms with E-state index in [-0.39, 0.29) is 31.3 Å². The van der Waals surface area contributed by atoms with Crippen molar-refractivity contribution >= 4 is 28.6 Å². The molecule has 5 rings (SSSR count). The maximum Gasteiger partial charge on any atom is 0.270 e. The van der Waals surface area contributed by atoms with Gasteiger partial charge in [0.25, 0.3) is 5.91 Å². The number of fused-ring (bicyclic) bond motifs is 1. The van der Waals surface area contributed by atoms with Crippen LogP contribution in [0.2, 0.25) is 0 Å². The maximum absolute atomic E-state index is 13.5. The van der Waals surface area contributed by atoms with Gasteiger partial charge in [-0.15, -0.1) is 0 Å². The number of carbonyl (C=O) groups is 3. The van der Waals surface area contributed by atoms with Crippen molar-refractivity contribution in [3.05, 3.63) is 65.6 Å². The van der Waals surface area contributed by atoms with Gasteiger partial charge in [-0.1, -0.05) is 12.5 Å². The van der Waals surface area contributed by atoms with Crippen LogP contribution >= 0.6 is 0 Å². The van der Waals surface area contributed by atoms with Gasteiger partial charge in [0.2, 0.25) is 11.8 Å². The van der Waals surface area contributed by atoms with E-state index in [9.17, 15) is 23.9 Å². The number of ether oxygens (including phenoxy) is 2. The zero-order valence-electron chi connectivity index (χ0n) is 24.3. The highest BCUT2D eigenvalue weighted by molar-refractivity contribution is 5.97. The van der Waals surface area contributed by atoms with E-state index in [1.165, 1.54) is 35.6 Å². The second-order valence-electron chi connectivity index (χ2n) is 11.2. The number of nitrogens with one attached hydrogen (secondary N) is 2. The third-order valence-corrected chi connectivity index (χ3v) is 8.08. The first-order valence-corrected chi connectivity index (χ1v) is 14.7. The van der Waals surface area contributed by atoms with E-state index >= 15 is 0 Å². The number of hydrogen-bond donors (Lipinski definition) is 3. The summed E-state index contributed by atoms with van der Waals surface area (Å²) in [5.41, 5.74) is 1.30. The van der Waals surface area contributed by atoms with E-state index in [0.29, 0.717) is 22.4 Å². The van der Waals surface area contributed by atoms with Gasteiger partial charge < -0.3 is 30.1 Å². The molecule has 3 atom stereocenters. The molecule has 2 heterocycles. The van der Waals surface area contributed by atoms with E-state index in [0.717, 1.165) is 31.2 Å². The summed E-state index contributed by atoms with van der Waals surface area (Å²) in [4.78, 5) is 44.8. The number of aliphatic hydroxyl groups is 1. The van der Waals surface area contributed by atoms with Gasteiger partial charge in [0.15, 0.2) is 0 Å². The number of amides is 3. The standard InChI is InChI=1S/C32H37FN4O6/c1-19(25-11-10-24(42-2)16-29(25)43-23-6-4-3-5-7-23)35-32(41)28-15-22(38)18-37(28)30(39)17-34-31(40)27-12-8-20-14-21(33)9-13-26(20)36-27/h8-14,16,19,22-23,28,38H,3-7,15,17-18H2,1-2H3,(H,34,40)(H,35,41)/t19-,22+,28-/m0/s1. The third kappa shape index (κ3) is 7.22. The van der Waals surface area contributed by atoms with E-state index < -0.39 is 41.7 Å². The van der Waals surface area contributed by atoms with Gasteiger partial charge in [0, 0.05) is 30.0 Å². The molecule has 3 N–H and O–H groups in total. The van der Waals surface area contributed by atoms with Gasteiger partial charge in [-0.3, -0.25) is 14.4 Å². The van der Waals surface area contributed by atoms with Crippen LogP contribution in [0.3, 0.4) is 0 Å². The van der Waals surface area contributed by atoms with Crippen molar-refractivity contribution in [2.24, 2.45) is 0 Å². The molecule has 0 unspecified atom stereocenters. The molecule has 3 amide bonds. The molecule has 228 valence electrons. The number of rotatable bonds is 9. The highest BCUT2D eigenvalue weighted by Gasteiger charge is 2.39. The first-order chi connectivity index (χ1) is 20.7. The third-order valence-electron chi connectivity index (χ3n) is 8.08. The molecule has 11 heteroatoms. The smallest absolute Gasteiger partial charge is 0.270 e. The number of carbonyl (C=O) groups excluding carboxylic acids is 3. The van der Waals surface area contributed by atoms with Crippen molar-refractivity contribution in [1.82, 2.24) is 20.5 Å². The van der Waals surface area contributed by atoms with Crippen molar-refractivity contribution in [3.8, 4) is 11.5 Å². The quantitative estimate of drug-likeness (QED) is 0.346. The van der Waals surface area contributed by atoms with E-state index in [1.54, 1.807) is 13.2 Å². The number of methoxy groups -OCH3 is 1. The summed E-state index contributed by atoms with van der Waals surface area (Å²) in [6.07, 6.45) is 4.68. The van der Waals surface area contributed by atoms with Crippen LogP contribution in [0.4, 0.5) is 4.39 Å². The second kappa shape index (κ2) is 13.4. The first kappa shape index (κ1) is 30.2. The fraction of sp³-hybridized carbons (Fsp3) is 0.438. The molecule has 2 aromatic carbocycles. The van der Waals surface area contributed by atoms with Gasteiger partial charge in [0.05, 0.1) is 37.4 Å². The summed E-state index contributed by atoms with van der Waals surface area (Å²) in [5, 5.41) is 16.4. The van der Waals surface area contributed by atoms with Crippen molar-refractivity contribution in [2.75, 3.05) is 20.2 Å². The molecule has 1 saturated carbocycles. The fourth-order valence-corrected chi connectivity index (χ4v) is 5.76. The molecule has 0 spiro atoms. The Kier molecular flexibility index (Phi) is 9.40. The van der Waals surface area contributed by atoms with E-state index in [1.807, 2.05) is 25.1 Å². The SMILES string of the molecule is COc1ccc([C@H](C)NC(=O)[C@@H]2C[C@@H](O)CN2C(=O)CNC(=O)c2ccc3cc(F)ccc3n2)c(OC2CCCCC2)c1. The number of halogens is 1. The van der Waals surface area contributed by atoms with Crippen molar-refractivity contribution in [2.45, 2.75) is 69.7 Å². The molecule has 0 bridgehead atoms. The molecule has 2 fully saturated rings. The predicted octanol–water partition coefficient (Wildman–Crippen LogP) is 3.66. The minimum atomic E-state index is -0.906. The van der Waals surface area contributed by atoms with Gasteiger partial charge in [-0.05, 0) is 69.0 Å². The predicted molar refractivity (Wildman–Crippen MR) is 157 cm³/mol. The van der Waals surface area contributed by atoms with Crippen molar-refractivity contribution in [3.63, 3.8) is 0 Å². The van der Waals surface area contributed by atoms with Gasteiger partial charge in [-0.2, -0.15) is 0 Å². The molecule has 1 saturated heterocycles. The highest BCUT2D eigenvalue weighted by Crippen LogP contribution is 2.33. The number of pyridine rings is 1. The molecule has 0 radical (unpaired) electrons. The van der Waals surface area contributed by atoms with Crippen molar-refractivity contribution < 1.29 is 33.4 Å². The van der Waals surface area contributed by atoms with E-state index in [4.69, 9.17) is 9.47 Å². The van der Waals surface area contributed by atoms with Crippen LogP contribution in [-0.4, -0.2) is 71.2 Å². The normalized spacial score (nSPS) is 19.6. The molecule has 3 aromatic rings. The maximum atomic E-state index is 13.5. The molecular weight excluding hydrogens is 555 g/mol.